The minimum Gasteiger partial charge on any atom is -0.455 e. The number of rotatable bonds is 4. The number of ether oxygens (including phenoxy) is 1. The third-order valence-electron chi connectivity index (χ3n) is 4.65. The molecule has 3 rings (SSSR count). The van der Waals surface area contributed by atoms with E-state index in [2.05, 4.69) is 5.16 Å². The number of aryl methyl sites for hydroxylation is 3. The molecule has 0 spiro atoms. The van der Waals surface area contributed by atoms with E-state index in [1.54, 1.807) is 18.7 Å². The minimum atomic E-state index is -0.458. The topological polar surface area (TPSA) is 72.6 Å². The Morgan fingerprint density at radius 1 is 1.32 bits per heavy atom. The highest BCUT2D eigenvalue weighted by Gasteiger charge is 2.28. The fourth-order valence-electron chi connectivity index (χ4n) is 3.23. The molecule has 6 nitrogen and oxygen atoms in total. The number of hydrogen-bond donors (Lipinski definition) is 0. The Bertz CT molecular complexity index is 777. The van der Waals surface area contributed by atoms with Crippen LogP contribution in [-0.4, -0.2) is 29.7 Å². The summed E-state index contributed by atoms with van der Waals surface area (Å²) in [6, 6.07) is 7.95. The Labute approximate surface area is 146 Å². The molecule has 0 bridgehead atoms. The van der Waals surface area contributed by atoms with E-state index < -0.39 is 5.97 Å². The lowest BCUT2D eigenvalue weighted by atomic mass is 9.96. The molecule has 0 radical (unpaired) electrons. The molecular weight excluding hydrogens is 320 g/mol. The number of anilines is 1. The quantitative estimate of drug-likeness (QED) is 0.799. The number of para-hydroxylation sites is 1. The molecule has 2 heterocycles. The third kappa shape index (κ3) is 3.57. The van der Waals surface area contributed by atoms with Crippen LogP contribution in [0.4, 0.5) is 5.69 Å². The Hall–Kier alpha value is -2.63. The van der Waals surface area contributed by atoms with Gasteiger partial charge in [-0.05, 0) is 45.2 Å². The molecular formula is C19H22N2O4. The summed E-state index contributed by atoms with van der Waals surface area (Å²) in [5.41, 5.74) is 3.44. The third-order valence-corrected chi connectivity index (χ3v) is 4.65. The molecule has 1 aromatic heterocycles. The predicted molar refractivity (Wildman–Crippen MR) is 92.4 cm³/mol. The molecule has 25 heavy (non-hydrogen) atoms. The number of carbonyl (C=O) groups is 2. The first kappa shape index (κ1) is 17.2. The zero-order chi connectivity index (χ0) is 18.0. The van der Waals surface area contributed by atoms with Crippen molar-refractivity contribution in [2.45, 2.75) is 46.1 Å². The molecule has 1 atom stereocenters. The smallest absolute Gasteiger partial charge is 0.310 e. The van der Waals surface area contributed by atoms with E-state index in [0.717, 1.165) is 24.1 Å². The maximum Gasteiger partial charge on any atom is 0.310 e. The molecule has 1 amide bonds. The molecule has 0 saturated carbocycles. The molecule has 0 aliphatic carbocycles. The average Bonchev–Trinajstić information content (AvgIpc) is 2.91. The molecule has 132 valence electrons. The number of carbonyl (C=O) groups excluding carboxylic acids is 2. The number of benzene rings is 1. The highest BCUT2D eigenvalue weighted by atomic mass is 16.5. The van der Waals surface area contributed by atoms with Gasteiger partial charge in [0.25, 0.3) is 5.91 Å². The van der Waals surface area contributed by atoms with Gasteiger partial charge in [-0.3, -0.25) is 9.59 Å². The molecule has 6 heteroatoms. The van der Waals surface area contributed by atoms with Gasteiger partial charge < -0.3 is 14.2 Å². The largest absolute Gasteiger partial charge is 0.455 e. The SMILES string of the molecule is Cc1noc(C)c1CC(=O)OCC(=O)N1c2ccccc2CC[C@H]1C. The van der Waals surface area contributed by atoms with Gasteiger partial charge in [0.2, 0.25) is 0 Å². The highest BCUT2D eigenvalue weighted by molar-refractivity contribution is 5.97. The van der Waals surface area contributed by atoms with E-state index in [1.807, 2.05) is 31.2 Å². The van der Waals surface area contributed by atoms with Gasteiger partial charge in [-0.25, -0.2) is 0 Å². The summed E-state index contributed by atoms with van der Waals surface area (Å²) in [5, 5.41) is 3.81. The standard InChI is InChI=1S/C19H22N2O4/c1-12-8-9-15-6-4-5-7-17(15)21(12)18(22)11-24-19(23)10-16-13(2)20-25-14(16)3/h4-7,12H,8-11H2,1-3H3/t12-/m1/s1. The Kier molecular flexibility index (Phi) is 4.88. The lowest BCUT2D eigenvalue weighted by molar-refractivity contribution is -0.147. The second-order valence-corrected chi connectivity index (χ2v) is 6.42. The summed E-state index contributed by atoms with van der Waals surface area (Å²) in [4.78, 5) is 26.4. The fourth-order valence-corrected chi connectivity index (χ4v) is 3.23. The Balaban J connectivity index is 1.64. The van der Waals surface area contributed by atoms with Crippen LogP contribution in [-0.2, 0) is 27.2 Å². The normalized spacial score (nSPS) is 16.4. The second-order valence-electron chi connectivity index (χ2n) is 6.42. The zero-order valence-electron chi connectivity index (χ0n) is 14.7. The highest BCUT2D eigenvalue weighted by Crippen LogP contribution is 2.30. The van der Waals surface area contributed by atoms with Gasteiger partial charge in [-0.1, -0.05) is 23.4 Å². The lowest BCUT2D eigenvalue weighted by Gasteiger charge is -2.35. The van der Waals surface area contributed by atoms with Crippen LogP contribution in [0, 0.1) is 13.8 Å². The number of aromatic nitrogens is 1. The Morgan fingerprint density at radius 2 is 2.08 bits per heavy atom. The minimum absolute atomic E-state index is 0.0561. The molecule has 0 unspecified atom stereocenters. The zero-order valence-corrected chi connectivity index (χ0v) is 14.7. The van der Waals surface area contributed by atoms with Crippen molar-refractivity contribution in [1.29, 1.82) is 0 Å². The summed E-state index contributed by atoms with van der Waals surface area (Å²) in [6.07, 6.45) is 1.91. The van der Waals surface area contributed by atoms with Crippen molar-refractivity contribution in [3.05, 3.63) is 46.8 Å². The van der Waals surface area contributed by atoms with Crippen molar-refractivity contribution in [1.82, 2.24) is 5.16 Å². The van der Waals surface area contributed by atoms with Crippen LogP contribution in [0.5, 0.6) is 0 Å². The average molecular weight is 342 g/mol. The van der Waals surface area contributed by atoms with Crippen LogP contribution in [0.2, 0.25) is 0 Å². The van der Waals surface area contributed by atoms with Crippen LogP contribution in [0.1, 0.15) is 35.9 Å². The number of hydrogen-bond acceptors (Lipinski definition) is 5. The first-order valence-electron chi connectivity index (χ1n) is 8.44. The maximum absolute atomic E-state index is 12.6. The first-order valence-corrected chi connectivity index (χ1v) is 8.44. The van der Waals surface area contributed by atoms with Crippen molar-refractivity contribution in [2.75, 3.05) is 11.5 Å². The lowest BCUT2D eigenvalue weighted by Crippen LogP contribution is -2.44. The molecule has 0 fully saturated rings. The van der Waals surface area contributed by atoms with Crippen molar-refractivity contribution in [3.63, 3.8) is 0 Å². The van der Waals surface area contributed by atoms with E-state index in [4.69, 9.17) is 9.26 Å². The number of esters is 1. The summed E-state index contributed by atoms with van der Waals surface area (Å²) >= 11 is 0. The van der Waals surface area contributed by atoms with Crippen molar-refractivity contribution < 1.29 is 18.8 Å². The first-order chi connectivity index (χ1) is 12.0. The van der Waals surface area contributed by atoms with Crippen LogP contribution >= 0.6 is 0 Å². The van der Waals surface area contributed by atoms with E-state index in [-0.39, 0.29) is 25.0 Å². The van der Waals surface area contributed by atoms with Crippen LogP contribution in [0.15, 0.2) is 28.8 Å². The van der Waals surface area contributed by atoms with Gasteiger partial charge in [0, 0.05) is 17.3 Å². The predicted octanol–water partition coefficient (Wildman–Crippen LogP) is 2.75. The van der Waals surface area contributed by atoms with Gasteiger partial charge in [0.05, 0.1) is 12.1 Å². The summed E-state index contributed by atoms with van der Waals surface area (Å²) in [6.45, 7) is 5.27. The van der Waals surface area contributed by atoms with Crippen LogP contribution in [0.25, 0.3) is 0 Å². The molecule has 1 aliphatic rings. The molecule has 0 saturated heterocycles. The van der Waals surface area contributed by atoms with E-state index in [0.29, 0.717) is 17.0 Å². The van der Waals surface area contributed by atoms with E-state index >= 15 is 0 Å². The second kappa shape index (κ2) is 7.09. The number of nitrogens with zero attached hydrogens (tertiary/aromatic N) is 2. The van der Waals surface area contributed by atoms with E-state index in [9.17, 15) is 9.59 Å². The molecule has 2 aromatic rings. The monoisotopic (exact) mass is 342 g/mol. The van der Waals surface area contributed by atoms with E-state index in [1.165, 1.54) is 0 Å². The van der Waals surface area contributed by atoms with Gasteiger partial charge >= 0.3 is 5.97 Å². The molecule has 0 N–H and O–H groups in total. The van der Waals surface area contributed by atoms with Crippen molar-refractivity contribution in [2.24, 2.45) is 0 Å². The molecule has 1 aliphatic heterocycles. The van der Waals surface area contributed by atoms with Crippen molar-refractivity contribution >= 4 is 17.6 Å². The Morgan fingerprint density at radius 3 is 2.80 bits per heavy atom. The number of amides is 1. The summed E-state index contributed by atoms with van der Waals surface area (Å²) in [5.74, 6) is -0.0631. The summed E-state index contributed by atoms with van der Waals surface area (Å²) < 4.78 is 10.2. The fraction of sp³-hybridized carbons (Fsp3) is 0.421. The van der Waals surface area contributed by atoms with Gasteiger partial charge in [-0.2, -0.15) is 0 Å². The van der Waals surface area contributed by atoms with Crippen molar-refractivity contribution in [3.8, 4) is 0 Å². The summed E-state index contributed by atoms with van der Waals surface area (Å²) in [7, 11) is 0. The molecule has 1 aromatic carbocycles. The number of fused-ring (bicyclic) bond motifs is 1. The van der Waals surface area contributed by atoms with Crippen LogP contribution in [0.3, 0.4) is 0 Å². The van der Waals surface area contributed by atoms with Gasteiger partial charge in [0.15, 0.2) is 6.61 Å². The van der Waals surface area contributed by atoms with Gasteiger partial charge in [0.1, 0.15) is 5.76 Å². The van der Waals surface area contributed by atoms with Crippen LogP contribution < -0.4 is 4.90 Å². The maximum atomic E-state index is 12.6. The van der Waals surface area contributed by atoms with Gasteiger partial charge in [-0.15, -0.1) is 0 Å².